The van der Waals surface area contributed by atoms with Crippen LogP contribution in [-0.2, 0) is 6.18 Å². The lowest BCUT2D eigenvalue weighted by atomic mass is 9.96. The number of nitrogens with zero attached hydrogens (tertiary/aromatic N) is 6. The molecule has 30 heavy (non-hydrogen) atoms. The number of piperidine rings is 1. The van der Waals surface area contributed by atoms with Gasteiger partial charge in [-0.05, 0) is 37.8 Å². The molecule has 1 saturated carbocycles. The molecule has 0 spiro atoms. The van der Waals surface area contributed by atoms with Crippen molar-refractivity contribution in [2.75, 3.05) is 18.0 Å². The third-order valence-corrected chi connectivity index (χ3v) is 5.51. The highest BCUT2D eigenvalue weighted by atomic mass is 19.4. The fourth-order valence-electron chi connectivity index (χ4n) is 3.65. The SMILES string of the molecule is FC(F)(F)c1cc(N2CCC(c3noc(C4CC4)n3)CC2)nc(-c2ccncc2)n1. The summed E-state index contributed by atoms with van der Waals surface area (Å²) in [4.78, 5) is 18.4. The Morgan fingerprint density at radius 2 is 1.67 bits per heavy atom. The predicted molar refractivity (Wildman–Crippen MR) is 101 cm³/mol. The molecule has 0 N–H and O–H groups in total. The van der Waals surface area contributed by atoms with E-state index in [1.165, 1.54) is 12.4 Å². The second kappa shape index (κ2) is 7.33. The maximum Gasteiger partial charge on any atom is 0.433 e. The minimum Gasteiger partial charge on any atom is -0.356 e. The summed E-state index contributed by atoms with van der Waals surface area (Å²) in [6, 6.07) is 4.21. The average molecular weight is 416 g/mol. The summed E-state index contributed by atoms with van der Waals surface area (Å²) in [5, 5.41) is 4.11. The maximum atomic E-state index is 13.4. The van der Waals surface area contributed by atoms with Gasteiger partial charge in [-0.2, -0.15) is 18.2 Å². The summed E-state index contributed by atoms with van der Waals surface area (Å²) in [7, 11) is 0. The molecule has 0 atom stereocenters. The number of hydrogen-bond acceptors (Lipinski definition) is 7. The number of rotatable bonds is 4. The van der Waals surface area contributed by atoms with Crippen LogP contribution in [0.15, 0.2) is 35.1 Å². The molecule has 4 heterocycles. The second-order valence-electron chi connectivity index (χ2n) is 7.70. The normalized spacial score (nSPS) is 18.0. The van der Waals surface area contributed by atoms with Gasteiger partial charge in [0.2, 0.25) is 5.89 Å². The Morgan fingerprint density at radius 3 is 2.33 bits per heavy atom. The molecule has 0 aromatic carbocycles. The van der Waals surface area contributed by atoms with E-state index in [1.807, 2.05) is 4.90 Å². The molecule has 1 saturated heterocycles. The molecule has 7 nitrogen and oxygen atoms in total. The van der Waals surface area contributed by atoms with Crippen LogP contribution >= 0.6 is 0 Å². The highest BCUT2D eigenvalue weighted by molar-refractivity contribution is 5.57. The molecule has 10 heteroatoms. The van der Waals surface area contributed by atoms with Gasteiger partial charge in [0, 0.05) is 48.9 Å². The average Bonchev–Trinajstić information content (AvgIpc) is 3.50. The number of hydrogen-bond donors (Lipinski definition) is 0. The van der Waals surface area contributed by atoms with Crippen molar-refractivity contribution in [3.05, 3.63) is 48.0 Å². The maximum absolute atomic E-state index is 13.4. The Balaban J connectivity index is 1.37. The molecule has 3 aromatic heterocycles. The lowest BCUT2D eigenvalue weighted by Gasteiger charge is -2.32. The van der Waals surface area contributed by atoms with E-state index < -0.39 is 11.9 Å². The van der Waals surface area contributed by atoms with E-state index in [1.54, 1.807) is 12.1 Å². The number of anilines is 1. The fourth-order valence-corrected chi connectivity index (χ4v) is 3.65. The molecule has 1 aliphatic heterocycles. The second-order valence-corrected chi connectivity index (χ2v) is 7.70. The van der Waals surface area contributed by atoms with E-state index >= 15 is 0 Å². The minimum atomic E-state index is -4.55. The van der Waals surface area contributed by atoms with Crippen LogP contribution in [0.5, 0.6) is 0 Å². The first-order chi connectivity index (χ1) is 14.5. The van der Waals surface area contributed by atoms with Gasteiger partial charge in [0.05, 0.1) is 0 Å². The molecule has 2 aliphatic rings. The van der Waals surface area contributed by atoms with Crippen molar-refractivity contribution in [3.63, 3.8) is 0 Å². The third kappa shape index (κ3) is 3.86. The van der Waals surface area contributed by atoms with Crippen LogP contribution in [-0.4, -0.2) is 38.2 Å². The standard InChI is InChI=1S/C20H19F3N6O/c21-20(22,23)15-11-16(26-17(25-15)12-3-7-24-8-4-12)29-9-5-13(6-10-29)18-27-19(30-28-18)14-1-2-14/h3-4,7-8,11,13-14H,1-2,5-6,9-10H2. The summed E-state index contributed by atoms with van der Waals surface area (Å²) in [6.07, 6.45) is 2.08. The molecule has 0 amide bonds. The van der Waals surface area contributed by atoms with E-state index in [0.29, 0.717) is 36.3 Å². The van der Waals surface area contributed by atoms with Gasteiger partial charge in [-0.25, -0.2) is 9.97 Å². The van der Waals surface area contributed by atoms with Gasteiger partial charge < -0.3 is 9.42 Å². The molecule has 0 unspecified atom stereocenters. The number of aromatic nitrogens is 5. The first kappa shape index (κ1) is 19.0. The van der Waals surface area contributed by atoms with Crippen molar-refractivity contribution >= 4 is 5.82 Å². The monoisotopic (exact) mass is 416 g/mol. The predicted octanol–water partition coefficient (Wildman–Crippen LogP) is 4.20. The molecule has 2 fully saturated rings. The molecule has 156 valence electrons. The van der Waals surface area contributed by atoms with E-state index in [9.17, 15) is 13.2 Å². The smallest absolute Gasteiger partial charge is 0.356 e. The lowest BCUT2D eigenvalue weighted by Crippen LogP contribution is -2.34. The van der Waals surface area contributed by atoms with Gasteiger partial charge >= 0.3 is 6.18 Å². The van der Waals surface area contributed by atoms with E-state index in [0.717, 1.165) is 31.7 Å². The van der Waals surface area contributed by atoms with Crippen LogP contribution in [0, 0.1) is 0 Å². The Morgan fingerprint density at radius 1 is 0.933 bits per heavy atom. The zero-order chi connectivity index (χ0) is 20.7. The summed E-state index contributed by atoms with van der Waals surface area (Å²) in [5.41, 5.74) is -0.458. The first-order valence-corrected chi connectivity index (χ1v) is 9.92. The van der Waals surface area contributed by atoms with Crippen molar-refractivity contribution in [1.29, 1.82) is 0 Å². The van der Waals surface area contributed by atoms with Crippen molar-refractivity contribution in [1.82, 2.24) is 25.1 Å². The van der Waals surface area contributed by atoms with E-state index in [-0.39, 0.29) is 17.6 Å². The fraction of sp³-hybridized carbons (Fsp3) is 0.450. The van der Waals surface area contributed by atoms with Gasteiger partial charge in [-0.15, -0.1) is 0 Å². The Hall–Kier alpha value is -3.04. The van der Waals surface area contributed by atoms with E-state index in [2.05, 4.69) is 25.1 Å². The van der Waals surface area contributed by atoms with Crippen molar-refractivity contribution in [2.45, 2.75) is 43.7 Å². The van der Waals surface area contributed by atoms with Gasteiger partial charge in [0.25, 0.3) is 0 Å². The topological polar surface area (TPSA) is 80.8 Å². The highest BCUT2D eigenvalue weighted by Crippen LogP contribution is 2.40. The van der Waals surface area contributed by atoms with Crippen molar-refractivity contribution < 1.29 is 17.7 Å². The van der Waals surface area contributed by atoms with Crippen molar-refractivity contribution in [2.24, 2.45) is 0 Å². The van der Waals surface area contributed by atoms with Crippen LogP contribution < -0.4 is 4.90 Å². The Labute approximate surface area is 170 Å². The molecule has 5 rings (SSSR count). The van der Waals surface area contributed by atoms with Gasteiger partial charge in [0.15, 0.2) is 17.3 Å². The number of halogens is 3. The highest BCUT2D eigenvalue weighted by Gasteiger charge is 2.35. The molecular formula is C20H19F3N6O. The molecule has 3 aromatic rings. The zero-order valence-corrected chi connectivity index (χ0v) is 16.0. The zero-order valence-electron chi connectivity index (χ0n) is 16.0. The summed E-state index contributed by atoms with van der Waals surface area (Å²) in [5.74, 6) is 2.26. The molecule has 1 aliphatic carbocycles. The summed E-state index contributed by atoms with van der Waals surface area (Å²) in [6.45, 7) is 1.12. The minimum absolute atomic E-state index is 0.0385. The first-order valence-electron chi connectivity index (χ1n) is 9.92. The summed E-state index contributed by atoms with van der Waals surface area (Å²) < 4.78 is 45.7. The Kier molecular flexibility index (Phi) is 4.63. The summed E-state index contributed by atoms with van der Waals surface area (Å²) >= 11 is 0. The van der Waals surface area contributed by atoms with Crippen LogP contribution in [0.4, 0.5) is 19.0 Å². The molecule has 0 bridgehead atoms. The van der Waals surface area contributed by atoms with Crippen molar-refractivity contribution in [3.8, 4) is 11.4 Å². The van der Waals surface area contributed by atoms with Gasteiger partial charge in [-0.1, -0.05) is 5.16 Å². The quantitative estimate of drug-likeness (QED) is 0.630. The van der Waals surface area contributed by atoms with Crippen LogP contribution in [0.2, 0.25) is 0 Å². The largest absolute Gasteiger partial charge is 0.433 e. The molecular weight excluding hydrogens is 397 g/mol. The van der Waals surface area contributed by atoms with Crippen LogP contribution in [0.3, 0.4) is 0 Å². The van der Waals surface area contributed by atoms with Gasteiger partial charge in [-0.3, -0.25) is 4.98 Å². The van der Waals surface area contributed by atoms with Crippen LogP contribution in [0.25, 0.3) is 11.4 Å². The third-order valence-electron chi connectivity index (χ3n) is 5.51. The van der Waals surface area contributed by atoms with E-state index in [4.69, 9.17) is 4.52 Å². The number of pyridine rings is 1. The van der Waals surface area contributed by atoms with Gasteiger partial charge in [0.1, 0.15) is 5.82 Å². The lowest BCUT2D eigenvalue weighted by molar-refractivity contribution is -0.141. The number of alkyl halides is 3. The Bertz CT molecular complexity index is 1030. The van der Waals surface area contributed by atoms with Crippen LogP contribution in [0.1, 0.15) is 54.9 Å². The molecule has 0 radical (unpaired) electrons.